The Hall–Kier alpha value is -0.800. The van der Waals surface area contributed by atoms with Crippen LogP contribution in [0.1, 0.15) is 5.69 Å². The Morgan fingerprint density at radius 1 is 1.27 bits per heavy atom. The zero-order valence-electron chi connectivity index (χ0n) is 9.29. The Morgan fingerprint density at radius 3 is 2.67 bits per heavy atom. The minimum absolute atomic E-state index is 0.975. The minimum Gasteiger partial charge on any atom is -0.346 e. The fourth-order valence-electron chi connectivity index (χ4n) is 1.84. The molecule has 2 rings (SSSR count). The Bertz CT molecular complexity index is 486. The first kappa shape index (κ1) is 10.7. The molecule has 0 atom stereocenters. The van der Waals surface area contributed by atoms with E-state index in [4.69, 9.17) is 0 Å². The van der Waals surface area contributed by atoms with E-state index in [0.717, 1.165) is 11.0 Å². The van der Waals surface area contributed by atoms with Crippen LogP contribution in [0.15, 0.2) is 28.7 Å². The van der Waals surface area contributed by atoms with Gasteiger partial charge in [-0.2, -0.15) is 0 Å². The van der Waals surface area contributed by atoms with Gasteiger partial charge in [0.15, 0.2) is 0 Å². The van der Waals surface area contributed by atoms with Crippen LogP contribution < -0.4 is 0 Å². The smallest absolute Gasteiger partial charge is 0.0491 e. The van der Waals surface area contributed by atoms with Gasteiger partial charge >= 0.3 is 0 Å². The van der Waals surface area contributed by atoms with Crippen molar-refractivity contribution in [2.45, 2.75) is 6.54 Å². The van der Waals surface area contributed by atoms with Crippen molar-refractivity contribution in [3.05, 3.63) is 34.4 Å². The van der Waals surface area contributed by atoms with Crippen molar-refractivity contribution in [1.29, 1.82) is 0 Å². The van der Waals surface area contributed by atoms with Gasteiger partial charge in [-0.1, -0.05) is 22.0 Å². The van der Waals surface area contributed by atoms with Crippen LogP contribution in [0.5, 0.6) is 0 Å². The van der Waals surface area contributed by atoms with Crippen molar-refractivity contribution >= 4 is 26.8 Å². The summed E-state index contributed by atoms with van der Waals surface area (Å²) >= 11 is 3.50. The highest BCUT2D eigenvalue weighted by molar-refractivity contribution is 9.10. The second-order valence-electron chi connectivity index (χ2n) is 4.14. The molecule has 0 saturated carbocycles. The molecule has 2 nitrogen and oxygen atoms in total. The first-order valence-corrected chi connectivity index (χ1v) is 5.76. The lowest BCUT2D eigenvalue weighted by molar-refractivity contribution is 0.392. The van der Waals surface area contributed by atoms with Crippen LogP contribution in [0.25, 0.3) is 10.9 Å². The molecule has 0 N–H and O–H groups in total. The molecule has 0 aliphatic heterocycles. The van der Waals surface area contributed by atoms with Gasteiger partial charge in [0, 0.05) is 29.3 Å². The molecule has 1 heterocycles. The molecule has 0 fully saturated rings. The van der Waals surface area contributed by atoms with Gasteiger partial charge < -0.3 is 9.47 Å². The average Bonchev–Trinajstić information content (AvgIpc) is 2.44. The predicted molar refractivity (Wildman–Crippen MR) is 68.0 cm³/mol. The molecule has 0 amide bonds. The van der Waals surface area contributed by atoms with Crippen LogP contribution in [0.4, 0.5) is 0 Å². The molecule has 0 unspecified atom stereocenters. The van der Waals surface area contributed by atoms with Crippen molar-refractivity contribution in [1.82, 2.24) is 9.47 Å². The number of rotatable bonds is 2. The van der Waals surface area contributed by atoms with Crippen molar-refractivity contribution in [2.24, 2.45) is 7.05 Å². The molecule has 3 heteroatoms. The second kappa shape index (κ2) is 3.99. The highest BCUT2D eigenvalue weighted by Gasteiger charge is 2.06. The monoisotopic (exact) mass is 266 g/mol. The molecule has 0 aliphatic rings. The van der Waals surface area contributed by atoms with Gasteiger partial charge in [-0.3, -0.25) is 0 Å². The summed E-state index contributed by atoms with van der Waals surface area (Å²) in [7, 11) is 6.30. The lowest BCUT2D eigenvalue weighted by Crippen LogP contribution is -2.13. The number of fused-ring (bicyclic) bond motifs is 1. The van der Waals surface area contributed by atoms with Crippen LogP contribution in [0.2, 0.25) is 0 Å². The fourth-order valence-corrected chi connectivity index (χ4v) is 2.19. The SMILES string of the molecule is CN(C)Cc1cc2ccc(Br)cc2n1C. The van der Waals surface area contributed by atoms with Gasteiger partial charge in [0.05, 0.1) is 0 Å². The molecule has 80 valence electrons. The zero-order valence-corrected chi connectivity index (χ0v) is 10.9. The van der Waals surface area contributed by atoms with E-state index >= 15 is 0 Å². The standard InChI is InChI=1S/C12H15BrN2/c1-14(2)8-11-6-9-4-5-10(13)7-12(9)15(11)3/h4-7H,8H2,1-3H3. The molecule has 0 aliphatic carbocycles. The molecule has 2 aromatic rings. The Labute approximate surface area is 98.6 Å². The summed E-state index contributed by atoms with van der Waals surface area (Å²) in [6.45, 7) is 0.975. The number of benzene rings is 1. The van der Waals surface area contributed by atoms with E-state index in [2.05, 4.69) is 70.8 Å². The highest BCUT2D eigenvalue weighted by atomic mass is 79.9. The van der Waals surface area contributed by atoms with Gasteiger partial charge in [-0.15, -0.1) is 0 Å². The minimum atomic E-state index is 0.975. The van der Waals surface area contributed by atoms with Crippen molar-refractivity contribution in [2.75, 3.05) is 14.1 Å². The maximum atomic E-state index is 3.50. The number of hydrogen-bond donors (Lipinski definition) is 0. The zero-order chi connectivity index (χ0) is 11.0. The first-order chi connectivity index (χ1) is 7.08. The van der Waals surface area contributed by atoms with Crippen molar-refractivity contribution in [3.8, 4) is 0 Å². The average molecular weight is 267 g/mol. The van der Waals surface area contributed by atoms with Crippen LogP contribution in [-0.4, -0.2) is 23.6 Å². The Morgan fingerprint density at radius 2 is 2.00 bits per heavy atom. The first-order valence-electron chi connectivity index (χ1n) is 4.96. The van der Waals surface area contributed by atoms with Crippen LogP contribution in [0.3, 0.4) is 0 Å². The molecular formula is C12H15BrN2. The van der Waals surface area contributed by atoms with Crippen LogP contribution in [0, 0.1) is 0 Å². The van der Waals surface area contributed by atoms with E-state index in [1.165, 1.54) is 16.6 Å². The fraction of sp³-hybridized carbons (Fsp3) is 0.333. The van der Waals surface area contributed by atoms with Crippen molar-refractivity contribution < 1.29 is 0 Å². The third-order valence-electron chi connectivity index (χ3n) is 2.58. The van der Waals surface area contributed by atoms with E-state index in [9.17, 15) is 0 Å². The molecule has 0 bridgehead atoms. The third kappa shape index (κ3) is 2.08. The Kier molecular flexibility index (Phi) is 2.85. The number of halogens is 1. The topological polar surface area (TPSA) is 8.17 Å². The highest BCUT2D eigenvalue weighted by Crippen LogP contribution is 2.23. The van der Waals surface area contributed by atoms with E-state index < -0.39 is 0 Å². The molecular weight excluding hydrogens is 252 g/mol. The van der Waals surface area contributed by atoms with Crippen LogP contribution >= 0.6 is 15.9 Å². The molecule has 0 radical (unpaired) electrons. The number of aromatic nitrogens is 1. The second-order valence-corrected chi connectivity index (χ2v) is 5.05. The van der Waals surface area contributed by atoms with Gasteiger partial charge in [0.2, 0.25) is 0 Å². The molecule has 0 saturated heterocycles. The van der Waals surface area contributed by atoms with Crippen LogP contribution in [-0.2, 0) is 13.6 Å². The lowest BCUT2D eigenvalue weighted by atomic mass is 10.2. The van der Waals surface area contributed by atoms with Crippen molar-refractivity contribution in [3.63, 3.8) is 0 Å². The normalized spacial score (nSPS) is 11.5. The third-order valence-corrected chi connectivity index (χ3v) is 3.08. The number of aryl methyl sites for hydroxylation is 1. The molecule has 1 aromatic carbocycles. The van der Waals surface area contributed by atoms with Gasteiger partial charge in [-0.25, -0.2) is 0 Å². The predicted octanol–water partition coefficient (Wildman–Crippen LogP) is 3.00. The van der Waals surface area contributed by atoms with E-state index in [1.807, 2.05) is 0 Å². The summed E-state index contributed by atoms with van der Waals surface area (Å²) in [6.07, 6.45) is 0. The molecule has 0 spiro atoms. The maximum absolute atomic E-state index is 3.50. The largest absolute Gasteiger partial charge is 0.346 e. The van der Waals surface area contributed by atoms with E-state index in [0.29, 0.717) is 0 Å². The Balaban J connectivity index is 2.54. The van der Waals surface area contributed by atoms with E-state index in [-0.39, 0.29) is 0 Å². The number of hydrogen-bond acceptors (Lipinski definition) is 1. The summed E-state index contributed by atoms with van der Waals surface area (Å²) < 4.78 is 3.38. The summed E-state index contributed by atoms with van der Waals surface area (Å²) in [5.74, 6) is 0. The van der Waals surface area contributed by atoms with E-state index in [1.54, 1.807) is 0 Å². The van der Waals surface area contributed by atoms with Gasteiger partial charge in [0.1, 0.15) is 0 Å². The molecule has 1 aromatic heterocycles. The quantitative estimate of drug-likeness (QED) is 0.812. The lowest BCUT2D eigenvalue weighted by Gasteiger charge is -2.10. The molecule has 15 heavy (non-hydrogen) atoms. The summed E-state index contributed by atoms with van der Waals surface area (Å²) in [6, 6.07) is 8.65. The number of nitrogens with zero attached hydrogens (tertiary/aromatic N) is 2. The summed E-state index contributed by atoms with van der Waals surface area (Å²) in [4.78, 5) is 2.18. The summed E-state index contributed by atoms with van der Waals surface area (Å²) in [5, 5.41) is 1.30. The summed E-state index contributed by atoms with van der Waals surface area (Å²) in [5.41, 5.74) is 2.62. The van der Waals surface area contributed by atoms with Gasteiger partial charge in [-0.05, 0) is 37.7 Å². The van der Waals surface area contributed by atoms with Gasteiger partial charge in [0.25, 0.3) is 0 Å². The maximum Gasteiger partial charge on any atom is 0.0491 e.